The van der Waals surface area contributed by atoms with Crippen LogP contribution in [0, 0.1) is 0 Å². The van der Waals surface area contributed by atoms with Gasteiger partial charge in [0.15, 0.2) is 0 Å². The largest absolute Gasteiger partial charge is 0.372 e. The van der Waals surface area contributed by atoms with Crippen molar-refractivity contribution in [3.63, 3.8) is 0 Å². The number of hydrogen-bond acceptors (Lipinski definition) is 2. The van der Waals surface area contributed by atoms with E-state index in [1.54, 1.807) is 0 Å². The number of rotatable bonds is 4. The van der Waals surface area contributed by atoms with Gasteiger partial charge in [0.2, 0.25) is 0 Å². The Labute approximate surface area is 103 Å². The smallest absolute Gasteiger partial charge is 0.123 e. The van der Waals surface area contributed by atoms with E-state index in [1.807, 2.05) is 12.2 Å². The highest BCUT2D eigenvalue weighted by Crippen LogP contribution is 2.21. The highest BCUT2D eigenvalue weighted by molar-refractivity contribution is 5.61. The van der Waals surface area contributed by atoms with Crippen LogP contribution in [0.4, 0.5) is 5.69 Å². The zero-order chi connectivity index (χ0) is 11.9. The molecule has 2 rings (SSSR count). The average molecular weight is 229 g/mol. The molecule has 0 aliphatic carbocycles. The summed E-state index contributed by atoms with van der Waals surface area (Å²) in [7, 11) is 0. The van der Waals surface area contributed by atoms with Gasteiger partial charge in [0.1, 0.15) is 6.29 Å². The summed E-state index contributed by atoms with van der Waals surface area (Å²) in [4.78, 5) is 12.7. The molecule has 0 unspecified atom stereocenters. The van der Waals surface area contributed by atoms with Gasteiger partial charge in [0, 0.05) is 25.2 Å². The number of carbonyl (C=O) groups excluding carboxylic acids is 1. The van der Waals surface area contributed by atoms with Gasteiger partial charge < -0.3 is 9.69 Å². The van der Waals surface area contributed by atoms with Crippen LogP contribution in [0.1, 0.15) is 31.2 Å². The van der Waals surface area contributed by atoms with E-state index in [0.717, 1.165) is 6.29 Å². The monoisotopic (exact) mass is 229 g/mol. The Morgan fingerprint density at radius 1 is 1.18 bits per heavy atom. The summed E-state index contributed by atoms with van der Waals surface area (Å²) >= 11 is 0. The number of piperidine rings is 1. The third kappa shape index (κ3) is 3.45. The normalized spacial score (nSPS) is 16.4. The number of carbonyl (C=O) groups is 1. The van der Waals surface area contributed by atoms with Crippen LogP contribution in [0.25, 0.3) is 6.08 Å². The molecule has 1 aliphatic heterocycles. The number of benzene rings is 1. The van der Waals surface area contributed by atoms with Gasteiger partial charge in [-0.3, -0.25) is 0 Å². The predicted octanol–water partition coefficient (Wildman–Crippen LogP) is 3.28. The molecule has 0 amide bonds. The molecule has 0 atom stereocenters. The third-order valence-electron chi connectivity index (χ3n) is 3.13. The van der Waals surface area contributed by atoms with Crippen LogP contribution in [0.2, 0.25) is 0 Å². The molecule has 1 aliphatic rings. The van der Waals surface area contributed by atoms with Crippen molar-refractivity contribution < 1.29 is 4.79 Å². The Balaban J connectivity index is 2.07. The molecular formula is C15H19NO. The number of allylic oxidation sites excluding steroid dienone is 1. The van der Waals surface area contributed by atoms with Crippen LogP contribution < -0.4 is 4.90 Å². The molecule has 0 radical (unpaired) electrons. The number of aldehydes is 1. The lowest BCUT2D eigenvalue weighted by atomic mass is 10.1. The molecule has 0 bridgehead atoms. The molecule has 2 nitrogen and oxygen atoms in total. The fraction of sp³-hybridized carbons (Fsp3) is 0.400. The van der Waals surface area contributed by atoms with Gasteiger partial charge >= 0.3 is 0 Å². The summed E-state index contributed by atoms with van der Waals surface area (Å²) in [6, 6.07) is 8.54. The molecule has 0 spiro atoms. The van der Waals surface area contributed by atoms with Crippen LogP contribution in [0.5, 0.6) is 0 Å². The molecule has 1 heterocycles. The summed E-state index contributed by atoms with van der Waals surface area (Å²) in [6.07, 6.45) is 9.29. The van der Waals surface area contributed by atoms with Gasteiger partial charge in [-0.25, -0.2) is 0 Å². The minimum atomic E-state index is 0.494. The van der Waals surface area contributed by atoms with Crippen molar-refractivity contribution in [2.24, 2.45) is 0 Å². The van der Waals surface area contributed by atoms with Gasteiger partial charge in [0.25, 0.3) is 0 Å². The van der Waals surface area contributed by atoms with E-state index >= 15 is 0 Å². The summed E-state index contributed by atoms with van der Waals surface area (Å²) in [5.74, 6) is 0. The van der Waals surface area contributed by atoms with Crippen molar-refractivity contribution in [1.29, 1.82) is 0 Å². The fourth-order valence-electron chi connectivity index (χ4n) is 2.24. The van der Waals surface area contributed by atoms with Crippen molar-refractivity contribution >= 4 is 18.0 Å². The quantitative estimate of drug-likeness (QED) is 0.738. The Morgan fingerprint density at radius 2 is 2.00 bits per heavy atom. The SMILES string of the molecule is O=CCC=Cc1cccc(N2CCCCC2)c1. The van der Waals surface area contributed by atoms with E-state index < -0.39 is 0 Å². The Kier molecular flexibility index (Phi) is 4.37. The molecule has 90 valence electrons. The van der Waals surface area contributed by atoms with E-state index in [-0.39, 0.29) is 0 Å². The first-order valence-corrected chi connectivity index (χ1v) is 6.35. The standard InChI is InChI=1S/C15H19NO/c17-12-5-2-7-14-8-6-9-15(13-14)16-10-3-1-4-11-16/h2,6-9,12-13H,1,3-5,10-11H2. The van der Waals surface area contributed by atoms with Crippen LogP contribution in [-0.4, -0.2) is 19.4 Å². The molecule has 0 aromatic heterocycles. The van der Waals surface area contributed by atoms with Gasteiger partial charge in [-0.2, -0.15) is 0 Å². The lowest BCUT2D eigenvalue weighted by molar-refractivity contribution is -0.107. The van der Waals surface area contributed by atoms with E-state index in [1.165, 1.54) is 43.6 Å². The van der Waals surface area contributed by atoms with Gasteiger partial charge in [-0.05, 0) is 37.0 Å². The number of hydrogen-bond donors (Lipinski definition) is 0. The lowest BCUT2D eigenvalue weighted by Crippen LogP contribution is -2.29. The van der Waals surface area contributed by atoms with Crippen molar-refractivity contribution in [3.05, 3.63) is 35.9 Å². The lowest BCUT2D eigenvalue weighted by Gasteiger charge is -2.29. The Morgan fingerprint density at radius 3 is 2.76 bits per heavy atom. The van der Waals surface area contributed by atoms with Crippen LogP contribution in [0.15, 0.2) is 30.3 Å². The molecular weight excluding hydrogens is 210 g/mol. The Hall–Kier alpha value is -1.57. The first kappa shape index (κ1) is 11.9. The van der Waals surface area contributed by atoms with Gasteiger partial charge in [-0.15, -0.1) is 0 Å². The second-order valence-electron chi connectivity index (χ2n) is 4.45. The van der Waals surface area contributed by atoms with E-state index in [9.17, 15) is 4.79 Å². The maximum absolute atomic E-state index is 10.2. The van der Waals surface area contributed by atoms with Gasteiger partial charge in [-0.1, -0.05) is 24.3 Å². The second kappa shape index (κ2) is 6.24. The number of nitrogens with zero attached hydrogens (tertiary/aromatic N) is 1. The van der Waals surface area contributed by atoms with Crippen molar-refractivity contribution in [2.75, 3.05) is 18.0 Å². The zero-order valence-corrected chi connectivity index (χ0v) is 10.1. The molecule has 1 fully saturated rings. The highest BCUT2D eigenvalue weighted by atomic mass is 16.1. The summed E-state index contributed by atoms with van der Waals surface area (Å²) in [5, 5.41) is 0. The van der Waals surface area contributed by atoms with E-state index in [2.05, 4.69) is 29.2 Å². The van der Waals surface area contributed by atoms with Crippen LogP contribution in [-0.2, 0) is 4.79 Å². The summed E-state index contributed by atoms with van der Waals surface area (Å²) < 4.78 is 0. The van der Waals surface area contributed by atoms with Crippen molar-refractivity contribution in [2.45, 2.75) is 25.7 Å². The topological polar surface area (TPSA) is 20.3 Å². The molecule has 0 N–H and O–H groups in total. The average Bonchev–Trinajstić information content (AvgIpc) is 2.41. The molecule has 1 aromatic carbocycles. The molecule has 1 saturated heterocycles. The third-order valence-corrected chi connectivity index (χ3v) is 3.13. The number of anilines is 1. The molecule has 1 aromatic rings. The fourth-order valence-corrected chi connectivity index (χ4v) is 2.24. The zero-order valence-electron chi connectivity index (χ0n) is 10.1. The van der Waals surface area contributed by atoms with E-state index in [0.29, 0.717) is 6.42 Å². The minimum absolute atomic E-state index is 0.494. The maximum Gasteiger partial charge on any atom is 0.123 e. The molecule has 2 heteroatoms. The van der Waals surface area contributed by atoms with Crippen LogP contribution >= 0.6 is 0 Å². The first-order valence-electron chi connectivity index (χ1n) is 6.35. The predicted molar refractivity (Wildman–Crippen MR) is 72.2 cm³/mol. The summed E-state index contributed by atoms with van der Waals surface area (Å²) in [5.41, 5.74) is 2.48. The first-order chi connectivity index (χ1) is 8.40. The minimum Gasteiger partial charge on any atom is -0.372 e. The molecule has 17 heavy (non-hydrogen) atoms. The van der Waals surface area contributed by atoms with Crippen molar-refractivity contribution in [1.82, 2.24) is 0 Å². The Bertz CT molecular complexity index is 392. The highest BCUT2D eigenvalue weighted by Gasteiger charge is 2.10. The van der Waals surface area contributed by atoms with Crippen LogP contribution in [0.3, 0.4) is 0 Å². The second-order valence-corrected chi connectivity index (χ2v) is 4.45. The van der Waals surface area contributed by atoms with E-state index in [4.69, 9.17) is 0 Å². The summed E-state index contributed by atoms with van der Waals surface area (Å²) in [6.45, 7) is 2.34. The van der Waals surface area contributed by atoms with Crippen molar-refractivity contribution in [3.8, 4) is 0 Å². The maximum atomic E-state index is 10.2. The van der Waals surface area contributed by atoms with Gasteiger partial charge in [0.05, 0.1) is 0 Å². The molecule has 0 saturated carbocycles.